The van der Waals surface area contributed by atoms with Gasteiger partial charge in [-0.25, -0.2) is 0 Å². The van der Waals surface area contributed by atoms with Crippen LogP contribution in [0.1, 0.15) is 18.9 Å². The summed E-state index contributed by atoms with van der Waals surface area (Å²) in [6.07, 6.45) is 10.2. The van der Waals surface area contributed by atoms with Gasteiger partial charge in [-0.2, -0.15) is 0 Å². The second-order valence-corrected chi connectivity index (χ2v) is 2.47. The lowest BCUT2D eigenvalue weighted by molar-refractivity contribution is 0.986. The second kappa shape index (κ2) is 4.67. The molecule has 11 heavy (non-hydrogen) atoms. The lowest BCUT2D eigenvalue weighted by Crippen LogP contribution is -1.82. The fourth-order valence-electron chi connectivity index (χ4n) is 0.963. The van der Waals surface area contributed by atoms with Crippen LogP contribution in [0, 0.1) is 0 Å². The van der Waals surface area contributed by atoms with Crippen LogP contribution in [0.15, 0.2) is 36.7 Å². The van der Waals surface area contributed by atoms with Crippen molar-refractivity contribution in [2.24, 2.45) is 0 Å². The fraction of sp³-hybridized carbons (Fsp3) is 0.300. The Balaban J connectivity index is 2.39. The first-order valence-electron chi connectivity index (χ1n) is 3.93. The maximum Gasteiger partial charge on any atom is 0.0299 e. The van der Waals surface area contributed by atoms with Crippen molar-refractivity contribution in [1.29, 1.82) is 0 Å². The summed E-state index contributed by atoms with van der Waals surface area (Å²) < 4.78 is 0. The standard InChI is InChI=1S/C10H13N/c1-2-3-4-6-10-7-5-8-11-9-10/h2-3,5,7-9H,4,6H2,1H3. The van der Waals surface area contributed by atoms with Crippen molar-refractivity contribution in [2.75, 3.05) is 0 Å². The Kier molecular flexibility index (Phi) is 3.39. The van der Waals surface area contributed by atoms with Crippen LogP contribution in [0.4, 0.5) is 0 Å². The maximum atomic E-state index is 4.04. The highest BCUT2D eigenvalue weighted by molar-refractivity contribution is 5.09. The van der Waals surface area contributed by atoms with Gasteiger partial charge in [0, 0.05) is 12.4 Å². The topological polar surface area (TPSA) is 12.9 Å². The highest BCUT2D eigenvalue weighted by Gasteiger charge is 1.87. The normalized spacial score (nSPS) is 10.6. The highest BCUT2D eigenvalue weighted by atomic mass is 14.6. The summed E-state index contributed by atoms with van der Waals surface area (Å²) in [7, 11) is 0. The number of aromatic nitrogens is 1. The molecule has 1 aromatic heterocycles. The first-order chi connectivity index (χ1) is 5.43. The van der Waals surface area contributed by atoms with Gasteiger partial charge in [0.25, 0.3) is 0 Å². The molecule has 0 fully saturated rings. The number of aryl methyl sites for hydroxylation is 1. The molecule has 1 rings (SSSR count). The number of pyridine rings is 1. The molecule has 0 N–H and O–H groups in total. The molecule has 1 heterocycles. The van der Waals surface area contributed by atoms with Crippen LogP contribution < -0.4 is 0 Å². The fourth-order valence-corrected chi connectivity index (χ4v) is 0.963. The van der Waals surface area contributed by atoms with E-state index in [1.54, 1.807) is 6.20 Å². The van der Waals surface area contributed by atoms with Gasteiger partial charge in [-0.3, -0.25) is 4.98 Å². The quantitative estimate of drug-likeness (QED) is 0.599. The van der Waals surface area contributed by atoms with Crippen molar-refractivity contribution in [2.45, 2.75) is 19.8 Å². The predicted molar refractivity (Wildman–Crippen MR) is 47.4 cm³/mol. The lowest BCUT2D eigenvalue weighted by atomic mass is 10.1. The largest absolute Gasteiger partial charge is 0.264 e. The number of hydrogen-bond acceptors (Lipinski definition) is 1. The van der Waals surface area contributed by atoms with E-state index in [-0.39, 0.29) is 0 Å². The number of hydrogen-bond donors (Lipinski definition) is 0. The average Bonchev–Trinajstić information content (AvgIpc) is 2.07. The van der Waals surface area contributed by atoms with Gasteiger partial charge in [0.05, 0.1) is 0 Å². The minimum atomic E-state index is 1.10. The van der Waals surface area contributed by atoms with Gasteiger partial charge >= 0.3 is 0 Å². The summed E-state index contributed by atoms with van der Waals surface area (Å²) in [5.74, 6) is 0. The molecule has 0 unspecified atom stereocenters. The van der Waals surface area contributed by atoms with Gasteiger partial charge in [-0.05, 0) is 31.4 Å². The van der Waals surface area contributed by atoms with Crippen LogP contribution >= 0.6 is 0 Å². The van der Waals surface area contributed by atoms with Gasteiger partial charge < -0.3 is 0 Å². The van der Waals surface area contributed by atoms with Gasteiger partial charge in [-0.1, -0.05) is 18.2 Å². The van der Waals surface area contributed by atoms with Gasteiger partial charge in [0.2, 0.25) is 0 Å². The lowest BCUT2D eigenvalue weighted by Gasteiger charge is -1.94. The molecule has 0 atom stereocenters. The molecule has 0 saturated carbocycles. The minimum absolute atomic E-state index is 1.10. The van der Waals surface area contributed by atoms with E-state index in [1.165, 1.54) is 5.56 Å². The summed E-state index contributed by atoms with van der Waals surface area (Å²) >= 11 is 0. The first-order valence-corrected chi connectivity index (χ1v) is 3.93. The molecule has 0 saturated heterocycles. The SMILES string of the molecule is CC=CCCc1cccnc1. The minimum Gasteiger partial charge on any atom is -0.264 e. The van der Waals surface area contributed by atoms with Crippen molar-refractivity contribution < 1.29 is 0 Å². The summed E-state index contributed by atoms with van der Waals surface area (Å²) in [5, 5.41) is 0. The van der Waals surface area contributed by atoms with E-state index in [2.05, 4.69) is 23.2 Å². The van der Waals surface area contributed by atoms with Crippen molar-refractivity contribution >= 4 is 0 Å². The Morgan fingerprint density at radius 2 is 2.45 bits per heavy atom. The molecular weight excluding hydrogens is 134 g/mol. The van der Waals surface area contributed by atoms with Gasteiger partial charge in [-0.15, -0.1) is 0 Å². The zero-order valence-corrected chi connectivity index (χ0v) is 6.83. The molecule has 0 aliphatic carbocycles. The molecule has 0 aromatic carbocycles. The van der Waals surface area contributed by atoms with E-state index in [4.69, 9.17) is 0 Å². The molecule has 1 nitrogen and oxygen atoms in total. The predicted octanol–water partition coefficient (Wildman–Crippen LogP) is 2.59. The molecule has 0 radical (unpaired) electrons. The third kappa shape index (κ3) is 2.99. The molecule has 0 bridgehead atoms. The summed E-state index contributed by atoms with van der Waals surface area (Å²) in [6, 6.07) is 4.08. The smallest absolute Gasteiger partial charge is 0.0299 e. The molecule has 1 heteroatoms. The van der Waals surface area contributed by atoms with Crippen molar-refractivity contribution in [3.05, 3.63) is 42.2 Å². The van der Waals surface area contributed by atoms with Crippen molar-refractivity contribution in [1.82, 2.24) is 4.98 Å². The van der Waals surface area contributed by atoms with E-state index in [1.807, 2.05) is 19.2 Å². The van der Waals surface area contributed by atoms with Crippen LogP contribution in [0.25, 0.3) is 0 Å². The molecule has 0 spiro atoms. The molecule has 0 amide bonds. The van der Waals surface area contributed by atoms with Gasteiger partial charge in [0.1, 0.15) is 0 Å². The van der Waals surface area contributed by atoms with Crippen molar-refractivity contribution in [3.8, 4) is 0 Å². The summed E-state index contributed by atoms with van der Waals surface area (Å²) in [5.41, 5.74) is 1.31. The van der Waals surface area contributed by atoms with Crippen LogP contribution in [0.2, 0.25) is 0 Å². The van der Waals surface area contributed by atoms with E-state index >= 15 is 0 Å². The van der Waals surface area contributed by atoms with E-state index in [0.29, 0.717) is 0 Å². The second-order valence-electron chi connectivity index (χ2n) is 2.47. The zero-order valence-electron chi connectivity index (χ0n) is 6.83. The van der Waals surface area contributed by atoms with Gasteiger partial charge in [0.15, 0.2) is 0 Å². The Morgan fingerprint density at radius 1 is 1.55 bits per heavy atom. The van der Waals surface area contributed by atoms with Crippen LogP contribution in [-0.2, 0) is 6.42 Å². The summed E-state index contributed by atoms with van der Waals surface area (Å²) in [6.45, 7) is 2.04. The third-order valence-electron chi connectivity index (χ3n) is 1.56. The Hall–Kier alpha value is -1.11. The Morgan fingerprint density at radius 3 is 3.09 bits per heavy atom. The first kappa shape index (κ1) is 7.99. The number of nitrogens with zero attached hydrogens (tertiary/aromatic N) is 1. The molecule has 0 aliphatic rings. The zero-order chi connectivity index (χ0) is 7.94. The molecular formula is C10H13N. The average molecular weight is 147 g/mol. The number of allylic oxidation sites excluding steroid dienone is 2. The van der Waals surface area contributed by atoms with E-state index in [9.17, 15) is 0 Å². The molecule has 1 aromatic rings. The van der Waals surface area contributed by atoms with E-state index in [0.717, 1.165) is 12.8 Å². The highest BCUT2D eigenvalue weighted by Crippen LogP contribution is 2.00. The Bertz CT molecular complexity index is 214. The van der Waals surface area contributed by atoms with Crippen LogP contribution in [-0.4, -0.2) is 4.98 Å². The maximum absolute atomic E-state index is 4.04. The van der Waals surface area contributed by atoms with E-state index < -0.39 is 0 Å². The monoisotopic (exact) mass is 147 g/mol. The van der Waals surface area contributed by atoms with Crippen LogP contribution in [0.5, 0.6) is 0 Å². The molecule has 0 aliphatic heterocycles. The van der Waals surface area contributed by atoms with Crippen molar-refractivity contribution in [3.63, 3.8) is 0 Å². The number of rotatable bonds is 3. The Labute approximate surface area is 67.8 Å². The van der Waals surface area contributed by atoms with Crippen LogP contribution in [0.3, 0.4) is 0 Å². The molecule has 58 valence electrons. The third-order valence-corrected chi connectivity index (χ3v) is 1.56. The summed E-state index contributed by atoms with van der Waals surface area (Å²) in [4.78, 5) is 4.04.